The Bertz CT molecular complexity index is 298. The Balaban J connectivity index is 2.76. The lowest BCUT2D eigenvalue weighted by Gasteiger charge is -2.35. The molecule has 0 saturated heterocycles. The first-order valence-electron chi connectivity index (χ1n) is 6.22. The molecule has 1 heterocycles. The van der Waals surface area contributed by atoms with E-state index in [0.29, 0.717) is 12.6 Å². The van der Waals surface area contributed by atoms with Crippen molar-refractivity contribution in [3.8, 4) is 0 Å². The van der Waals surface area contributed by atoms with Gasteiger partial charge in [0.05, 0.1) is 18.6 Å². The molecule has 0 aromatic carbocycles. The average Bonchev–Trinajstić information content (AvgIpc) is 2.77. The Hall–Kier alpha value is -0.840. The van der Waals surface area contributed by atoms with Crippen LogP contribution in [0.3, 0.4) is 0 Å². The van der Waals surface area contributed by atoms with E-state index in [4.69, 9.17) is 10.2 Å². The fraction of sp³-hybridized carbons (Fsp3) is 0.692. The summed E-state index contributed by atoms with van der Waals surface area (Å²) in [6.07, 6.45) is 3.50. The minimum absolute atomic E-state index is 0.244. The zero-order valence-electron chi connectivity index (χ0n) is 11.4. The Morgan fingerprint density at radius 3 is 2.53 bits per heavy atom. The number of nitrogens with zero attached hydrogens (tertiary/aromatic N) is 2. The molecule has 0 fully saturated rings. The second kappa shape index (κ2) is 6.79. The predicted octanol–water partition coefficient (Wildman–Crippen LogP) is 1.55. The van der Waals surface area contributed by atoms with Gasteiger partial charge in [-0.3, -0.25) is 4.90 Å². The van der Waals surface area contributed by atoms with Crippen molar-refractivity contribution in [2.75, 3.05) is 33.7 Å². The fourth-order valence-electron chi connectivity index (χ4n) is 2.40. The Morgan fingerprint density at radius 2 is 2.12 bits per heavy atom. The van der Waals surface area contributed by atoms with Crippen LogP contribution < -0.4 is 5.73 Å². The second-order valence-corrected chi connectivity index (χ2v) is 4.75. The summed E-state index contributed by atoms with van der Waals surface area (Å²) in [6, 6.07) is 2.72. The van der Waals surface area contributed by atoms with Crippen LogP contribution in [0.5, 0.6) is 0 Å². The van der Waals surface area contributed by atoms with Crippen LogP contribution in [0.1, 0.15) is 25.5 Å². The van der Waals surface area contributed by atoms with Gasteiger partial charge in [0, 0.05) is 24.7 Å². The van der Waals surface area contributed by atoms with E-state index in [2.05, 4.69) is 37.7 Å². The third-order valence-electron chi connectivity index (χ3n) is 3.11. The molecule has 4 nitrogen and oxygen atoms in total. The molecule has 0 bridgehead atoms. The molecule has 2 unspecified atom stereocenters. The van der Waals surface area contributed by atoms with Gasteiger partial charge in [0.1, 0.15) is 0 Å². The molecule has 1 aromatic heterocycles. The summed E-state index contributed by atoms with van der Waals surface area (Å²) >= 11 is 0. The first-order chi connectivity index (χ1) is 8.10. The molecule has 98 valence electrons. The minimum atomic E-state index is 0.244. The molecule has 0 aliphatic heterocycles. The van der Waals surface area contributed by atoms with Gasteiger partial charge in [-0.2, -0.15) is 0 Å². The van der Waals surface area contributed by atoms with Crippen molar-refractivity contribution in [3.63, 3.8) is 0 Å². The van der Waals surface area contributed by atoms with Crippen LogP contribution in [0, 0.1) is 0 Å². The molecule has 1 aromatic rings. The highest BCUT2D eigenvalue weighted by Crippen LogP contribution is 2.22. The van der Waals surface area contributed by atoms with Gasteiger partial charge >= 0.3 is 0 Å². The van der Waals surface area contributed by atoms with Gasteiger partial charge < -0.3 is 15.1 Å². The van der Waals surface area contributed by atoms with Crippen LogP contribution in [0.4, 0.5) is 0 Å². The van der Waals surface area contributed by atoms with Crippen LogP contribution in [-0.4, -0.2) is 49.6 Å². The van der Waals surface area contributed by atoms with Gasteiger partial charge in [-0.1, -0.05) is 6.92 Å². The SMILES string of the molecule is CCN(C(C)CN(C)C)C(CN)c1ccoc1. The molecule has 17 heavy (non-hydrogen) atoms. The highest BCUT2D eigenvalue weighted by Gasteiger charge is 2.23. The molecule has 0 spiro atoms. The number of furan rings is 1. The first kappa shape index (κ1) is 14.2. The van der Waals surface area contributed by atoms with Crippen molar-refractivity contribution in [2.45, 2.75) is 25.9 Å². The Morgan fingerprint density at radius 1 is 1.41 bits per heavy atom. The standard InChI is InChI=1S/C13H25N3O/c1-5-16(11(2)9-15(3)4)13(8-14)12-6-7-17-10-12/h6-7,10-11,13H,5,8-9,14H2,1-4H3. The van der Waals surface area contributed by atoms with Crippen LogP contribution in [0.25, 0.3) is 0 Å². The van der Waals surface area contributed by atoms with Gasteiger partial charge in [-0.15, -0.1) is 0 Å². The largest absolute Gasteiger partial charge is 0.472 e. The van der Waals surface area contributed by atoms with Crippen LogP contribution in [0.15, 0.2) is 23.0 Å². The third kappa shape index (κ3) is 3.84. The number of hydrogen-bond donors (Lipinski definition) is 1. The molecule has 0 radical (unpaired) electrons. The normalized spacial score (nSPS) is 15.5. The first-order valence-corrected chi connectivity index (χ1v) is 6.22. The van der Waals surface area contributed by atoms with Crippen molar-refractivity contribution in [1.29, 1.82) is 0 Å². The monoisotopic (exact) mass is 239 g/mol. The fourth-order valence-corrected chi connectivity index (χ4v) is 2.40. The molecule has 4 heteroatoms. The summed E-state index contributed by atoms with van der Waals surface area (Å²) in [5, 5.41) is 0. The van der Waals surface area contributed by atoms with Crippen LogP contribution >= 0.6 is 0 Å². The minimum Gasteiger partial charge on any atom is -0.472 e. The van der Waals surface area contributed by atoms with Crippen LogP contribution in [-0.2, 0) is 0 Å². The molecule has 2 N–H and O–H groups in total. The Labute approximate surface area is 104 Å². The molecular weight excluding hydrogens is 214 g/mol. The molecule has 1 rings (SSSR count). The van der Waals surface area contributed by atoms with E-state index in [-0.39, 0.29) is 6.04 Å². The van der Waals surface area contributed by atoms with Crippen molar-refractivity contribution in [1.82, 2.24) is 9.80 Å². The van der Waals surface area contributed by atoms with E-state index < -0.39 is 0 Å². The molecule has 0 aliphatic carbocycles. The predicted molar refractivity (Wildman–Crippen MR) is 70.9 cm³/mol. The molecule has 0 aliphatic rings. The van der Waals surface area contributed by atoms with E-state index >= 15 is 0 Å². The van der Waals surface area contributed by atoms with E-state index in [9.17, 15) is 0 Å². The molecule has 2 atom stereocenters. The van der Waals surface area contributed by atoms with E-state index in [0.717, 1.165) is 13.1 Å². The van der Waals surface area contributed by atoms with Crippen molar-refractivity contribution < 1.29 is 4.42 Å². The van der Waals surface area contributed by atoms with E-state index in [1.54, 1.807) is 12.5 Å². The topological polar surface area (TPSA) is 45.6 Å². The number of hydrogen-bond acceptors (Lipinski definition) is 4. The van der Waals surface area contributed by atoms with Gasteiger partial charge in [0.2, 0.25) is 0 Å². The lowest BCUT2D eigenvalue weighted by Crippen LogP contribution is -2.44. The highest BCUT2D eigenvalue weighted by molar-refractivity contribution is 5.12. The van der Waals surface area contributed by atoms with Gasteiger partial charge in [-0.05, 0) is 33.6 Å². The maximum absolute atomic E-state index is 5.91. The van der Waals surface area contributed by atoms with Crippen molar-refractivity contribution in [2.24, 2.45) is 5.73 Å². The van der Waals surface area contributed by atoms with Gasteiger partial charge in [0.25, 0.3) is 0 Å². The van der Waals surface area contributed by atoms with E-state index in [1.165, 1.54) is 5.56 Å². The number of nitrogens with two attached hydrogens (primary N) is 1. The van der Waals surface area contributed by atoms with Crippen molar-refractivity contribution in [3.05, 3.63) is 24.2 Å². The summed E-state index contributed by atoms with van der Waals surface area (Å²) in [7, 11) is 4.19. The summed E-state index contributed by atoms with van der Waals surface area (Å²) < 4.78 is 5.16. The van der Waals surface area contributed by atoms with E-state index in [1.807, 2.05) is 6.07 Å². The number of rotatable bonds is 7. The maximum Gasteiger partial charge on any atom is 0.0950 e. The highest BCUT2D eigenvalue weighted by atomic mass is 16.3. The summed E-state index contributed by atoms with van der Waals surface area (Å²) in [4.78, 5) is 4.63. The van der Waals surface area contributed by atoms with Crippen molar-refractivity contribution >= 4 is 0 Å². The average molecular weight is 239 g/mol. The maximum atomic E-state index is 5.91. The zero-order valence-corrected chi connectivity index (χ0v) is 11.4. The molecule has 0 amide bonds. The third-order valence-corrected chi connectivity index (χ3v) is 3.11. The summed E-state index contributed by atoms with van der Waals surface area (Å²) in [5.74, 6) is 0. The van der Waals surface area contributed by atoms with Gasteiger partial charge in [-0.25, -0.2) is 0 Å². The second-order valence-electron chi connectivity index (χ2n) is 4.75. The number of likely N-dealkylation sites (N-methyl/N-ethyl adjacent to an activating group) is 2. The molecule has 0 saturated carbocycles. The van der Waals surface area contributed by atoms with Crippen LogP contribution in [0.2, 0.25) is 0 Å². The zero-order chi connectivity index (χ0) is 12.8. The molecular formula is C13H25N3O. The lowest BCUT2D eigenvalue weighted by molar-refractivity contribution is 0.130. The lowest BCUT2D eigenvalue weighted by atomic mass is 10.1. The Kier molecular flexibility index (Phi) is 5.68. The summed E-state index contributed by atoms with van der Waals surface area (Å²) in [6.45, 7) is 7.05. The smallest absolute Gasteiger partial charge is 0.0950 e. The summed E-state index contributed by atoms with van der Waals surface area (Å²) in [5.41, 5.74) is 7.08. The van der Waals surface area contributed by atoms with Gasteiger partial charge in [0.15, 0.2) is 0 Å². The quantitative estimate of drug-likeness (QED) is 0.784.